The third kappa shape index (κ3) is 5.32. The summed E-state index contributed by atoms with van der Waals surface area (Å²) < 4.78 is 23.5. The Labute approximate surface area is 99.9 Å². The van der Waals surface area contributed by atoms with E-state index in [1.807, 2.05) is 0 Å². The van der Waals surface area contributed by atoms with Crippen molar-refractivity contribution < 1.29 is 65.3 Å². The van der Waals surface area contributed by atoms with Crippen molar-refractivity contribution in [2.24, 2.45) is 0 Å². The van der Waals surface area contributed by atoms with Crippen LogP contribution in [0, 0.1) is 11.3 Å². The zero-order valence-corrected chi connectivity index (χ0v) is 8.81. The molecular formula is C5H4F2KNO. The molecule has 0 aliphatic heterocycles. The minimum atomic E-state index is -3.41. The Kier molecular flexibility index (Phi) is 6.85. The summed E-state index contributed by atoms with van der Waals surface area (Å²) in [5.41, 5.74) is 0. The summed E-state index contributed by atoms with van der Waals surface area (Å²) in [5.74, 6) is -4.86. The Morgan fingerprint density at radius 1 is 1.70 bits per heavy atom. The van der Waals surface area contributed by atoms with Gasteiger partial charge in [-0.05, 0) is 0 Å². The number of hydrogen-bond donors (Lipinski definition) is 0. The summed E-state index contributed by atoms with van der Waals surface area (Å²) in [6, 6.07) is 1.22. The molecule has 0 heterocycles. The molecule has 2 nitrogen and oxygen atoms in total. The summed E-state index contributed by atoms with van der Waals surface area (Å²) in [6.45, 7) is 0.448. The molecule has 5 heteroatoms. The maximum atomic E-state index is 11.8. The van der Waals surface area contributed by atoms with Crippen molar-refractivity contribution >= 4 is 0 Å². The summed E-state index contributed by atoms with van der Waals surface area (Å²) >= 11 is 0. The fourth-order valence-electron chi connectivity index (χ4n) is 0.185. The van der Waals surface area contributed by atoms with Gasteiger partial charge in [-0.15, -0.1) is 0 Å². The molecule has 10 heavy (non-hydrogen) atoms. The first kappa shape index (κ1) is 13.1. The van der Waals surface area contributed by atoms with Gasteiger partial charge in [0.15, 0.2) is 0 Å². The van der Waals surface area contributed by atoms with Crippen molar-refractivity contribution in [2.45, 2.75) is 12.8 Å². The second kappa shape index (κ2) is 5.21. The van der Waals surface area contributed by atoms with Gasteiger partial charge in [-0.3, -0.25) is 0 Å². The van der Waals surface area contributed by atoms with Crippen LogP contribution in [0.15, 0.2) is 11.8 Å². The van der Waals surface area contributed by atoms with Gasteiger partial charge in [0.25, 0.3) is 5.92 Å². The number of alkyl halides is 2. The van der Waals surface area contributed by atoms with Crippen LogP contribution >= 0.6 is 0 Å². The normalized spacial score (nSPS) is 11.6. The second-order valence-electron chi connectivity index (χ2n) is 1.53. The molecule has 0 bridgehead atoms. The number of allylic oxidation sites excluding steroid dienone is 2. The van der Waals surface area contributed by atoms with E-state index in [-0.39, 0.29) is 51.4 Å². The Balaban J connectivity index is 0. The molecule has 0 aromatic heterocycles. The van der Waals surface area contributed by atoms with Crippen molar-refractivity contribution in [3.63, 3.8) is 0 Å². The van der Waals surface area contributed by atoms with Crippen LogP contribution in [0.1, 0.15) is 6.92 Å². The molecule has 0 N–H and O–H groups in total. The van der Waals surface area contributed by atoms with Crippen LogP contribution in [0.5, 0.6) is 0 Å². The van der Waals surface area contributed by atoms with E-state index in [9.17, 15) is 13.9 Å². The zero-order valence-electron chi connectivity index (χ0n) is 5.69. The standard InChI is InChI=1S/C5H5F2NO.K/c1-5(6,7)4(9)2-3-8;/h2,9H,1H3;/q;+1/p-1/b4-2-;. The topological polar surface area (TPSA) is 46.8 Å². The van der Waals surface area contributed by atoms with Crippen LogP contribution in [0.2, 0.25) is 0 Å². The minimum Gasteiger partial charge on any atom is -0.871 e. The van der Waals surface area contributed by atoms with Gasteiger partial charge in [0.1, 0.15) is 0 Å². The molecule has 0 saturated heterocycles. The molecule has 0 aromatic rings. The number of nitriles is 1. The fourth-order valence-corrected chi connectivity index (χ4v) is 0.185. The summed E-state index contributed by atoms with van der Waals surface area (Å²) in [7, 11) is 0. The average Bonchev–Trinajstić information content (AvgIpc) is 1.64. The van der Waals surface area contributed by atoms with Crippen molar-refractivity contribution in [3.8, 4) is 6.07 Å². The molecule has 0 spiro atoms. The predicted octanol–water partition coefficient (Wildman–Crippen LogP) is -2.59. The number of nitrogens with zero attached hydrogens (tertiary/aromatic N) is 1. The van der Waals surface area contributed by atoms with E-state index < -0.39 is 11.7 Å². The third-order valence-corrected chi connectivity index (χ3v) is 0.628. The smallest absolute Gasteiger partial charge is 0.871 e. The first-order valence-electron chi connectivity index (χ1n) is 2.13. The first-order valence-corrected chi connectivity index (χ1v) is 2.13. The minimum absolute atomic E-state index is 0. The van der Waals surface area contributed by atoms with E-state index in [4.69, 9.17) is 5.26 Å². The van der Waals surface area contributed by atoms with Gasteiger partial charge in [0.2, 0.25) is 0 Å². The molecule has 0 amide bonds. The summed E-state index contributed by atoms with van der Waals surface area (Å²) in [5, 5.41) is 17.8. The van der Waals surface area contributed by atoms with Crippen LogP contribution in [0.3, 0.4) is 0 Å². The van der Waals surface area contributed by atoms with Gasteiger partial charge >= 0.3 is 51.4 Å². The summed E-state index contributed by atoms with van der Waals surface area (Å²) in [4.78, 5) is 0. The molecule has 0 aromatic carbocycles. The maximum absolute atomic E-state index is 11.8. The predicted molar refractivity (Wildman–Crippen MR) is 24.3 cm³/mol. The van der Waals surface area contributed by atoms with Gasteiger partial charge in [-0.1, -0.05) is 5.76 Å². The van der Waals surface area contributed by atoms with Gasteiger partial charge in [0.05, 0.1) is 6.07 Å². The quantitative estimate of drug-likeness (QED) is 0.247. The van der Waals surface area contributed by atoms with Crippen LogP contribution in [0.4, 0.5) is 8.78 Å². The Hall–Kier alpha value is 0.526. The van der Waals surface area contributed by atoms with E-state index in [1.165, 1.54) is 6.07 Å². The van der Waals surface area contributed by atoms with E-state index in [0.717, 1.165) is 0 Å². The molecule has 0 radical (unpaired) electrons. The van der Waals surface area contributed by atoms with Crippen LogP contribution < -0.4 is 56.5 Å². The maximum Gasteiger partial charge on any atom is 1.00 e. The largest absolute Gasteiger partial charge is 1.00 e. The van der Waals surface area contributed by atoms with Crippen LogP contribution in [-0.4, -0.2) is 5.92 Å². The molecule has 0 unspecified atom stereocenters. The Bertz CT molecular complexity index is 167. The number of rotatable bonds is 1. The second-order valence-corrected chi connectivity index (χ2v) is 1.53. The van der Waals surface area contributed by atoms with Crippen molar-refractivity contribution in [2.75, 3.05) is 0 Å². The SMILES string of the molecule is CC(F)(F)/C([O-])=C/C#N.[K+]. The Morgan fingerprint density at radius 2 is 2.10 bits per heavy atom. The third-order valence-electron chi connectivity index (χ3n) is 0.628. The van der Waals surface area contributed by atoms with Gasteiger partial charge in [-0.2, -0.15) is 5.26 Å². The van der Waals surface area contributed by atoms with Gasteiger partial charge in [0, 0.05) is 13.0 Å². The van der Waals surface area contributed by atoms with E-state index >= 15 is 0 Å². The van der Waals surface area contributed by atoms with E-state index in [1.54, 1.807) is 0 Å². The Morgan fingerprint density at radius 3 is 2.20 bits per heavy atom. The van der Waals surface area contributed by atoms with Crippen molar-refractivity contribution in [1.29, 1.82) is 5.26 Å². The molecule has 0 aliphatic carbocycles. The van der Waals surface area contributed by atoms with Crippen molar-refractivity contribution in [3.05, 3.63) is 11.8 Å². The molecule has 0 saturated carbocycles. The average molecular weight is 171 g/mol. The molecular weight excluding hydrogens is 167 g/mol. The molecule has 0 rings (SSSR count). The molecule has 0 atom stereocenters. The van der Waals surface area contributed by atoms with Crippen LogP contribution in [-0.2, 0) is 0 Å². The van der Waals surface area contributed by atoms with Crippen LogP contribution in [0.25, 0.3) is 0 Å². The van der Waals surface area contributed by atoms with Gasteiger partial charge in [-0.25, -0.2) is 8.78 Å². The summed E-state index contributed by atoms with van der Waals surface area (Å²) in [6.07, 6.45) is 0.292. The van der Waals surface area contributed by atoms with Crippen molar-refractivity contribution in [1.82, 2.24) is 0 Å². The monoisotopic (exact) mass is 171 g/mol. The van der Waals surface area contributed by atoms with E-state index in [2.05, 4.69) is 0 Å². The van der Waals surface area contributed by atoms with E-state index in [0.29, 0.717) is 13.0 Å². The first-order chi connectivity index (χ1) is 3.98. The molecule has 0 fully saturated rings. The fraction of sp³-hybridized carbons (Fsp3) is 0.400. The zero-order chi connectivity index (χ0) is 7.49. The molecule has 50 valence electrons. The number of hydrogen-bond acceptors (Lipinski definition) is 2. The van der Waals surface area contributed by atoms with Gasteiger partial charge < -0.3 is 5.11 Å². The molecule has 0 aliphatic rings. The number of halogens is 2.